The van der Waals surface area contributed by atoms with E-state index in [1.54, 1.807) is 43.5 Å². The molecule has 0 radical (unpaired) electrons. The number of aryl methyl sites for hydroxylation is 2. The topological polar surface area (TPSA) is 75.7 Å². The number of para-hydroxylation sites is 1. The molecule has 0 heterocycles. The molecule has 0 fully saturated rings. The molecule has 6 nitrogen and oxygen atoms in total. The lowest BCUT2D eigenvalue weighted by atomic mass is 10.2. The van der Waals surface area contributed by atoms with Crippen molar-refractivity contribution in [2.24, 2.45) is 0 Å². The molecule has 0 saturated carbocycles. The molecule has 0 aliphatic heterocycles. The van der Waals surface area contributed by atoms with E-state index in [1.807, 2.05) is 26.0 Å². The van der Waals surface area contributed by atoms with Gasteiger partial charge in [-0.05, 0) is 44.0 Å². The van der Waals surface area contributed by atoms with Crippen molar-refractivity contribution in [3.63, 3.8) is 0 Å². The smallest absolute Gasteiger partial charge is 0.264 e. The molecule has 0 aliphatic carbocycles. The van der Waals surface area contributed by atoms with Crippen molar-refractivity contribution in [3.8, 4) is 0 Å². The van der Waals surface area contributed by atoms with Gasteiger partial charge in [0.25, 0.3) is 10.0 Å². The summed E-state index contributed by atoms with van der Waals surface area (Å²) in [5.41, 5.74) is 2.23. The summed E-state index contributed by atoms with van der Waals surface area (Å²) in [4.78, 5) is 12.5. The predicted octanol–water partition coefficient (Wildman–Crippen LogP) is 2.65. The summed E-state index contributed by atoms with van der Waals surface area (Å²) in [6.07, 6.45) is 0.664. The standard InChI is InChI=1S/C20H26N2O4S/c1-16-9-11-18(12-10-16)27(24,25)22(19-8-5-4-7-17(19)2)15-20(23)21-13-6-14-26-3/h4-5,7-12H,6,13-15H2,1-3H3,(H,21,23). The van der Waals surface area contributed by atoms with E-state index in [9.17, 15) is 13.2 Å². The molecule has 2 rings (SSSR count). The first-order valence-electron chi connectivity index (χ1n) is 8.77. The van der Waals surface area contributed by atoms with E-state index in [1.165, 1.54) is 4.31 Å². The van der Waals surface area contributed by atoms with Crippen LogP contribution in [0.5, 0.6) is 0 Å². The van der Waals surface area contributed by atoms with E-state index in [2.05, 4.69) is 5.32 Å². The van der Waals surface area contributed by atoms with Crippen LogP contribution in [0, 0.1) is 13.8 Å². The molecule has 1 amide bonds. The van der Waals surface area contributed by atoms with Crippen LogP contribution < -0.4 is 9.62 Å². The van der Waals surface area contributed by atoms with E-state index in [-0.39, 0.29) is 17.3 Å². The fourth-order valence-corrected chi connectivity index (χ4v) is 4.10. The second kappa shape index (κ2) is 9.53. The summed E-state index contributed by atoms with van der Waals surface area (Å²) in [7, 11) is -2.28. The maximum Gasteiger partial charge on any atom is 0.264 e. The molecule has 0 atom stereocenters. The Morgan fingerprint density at radius 1 is 1.07 bits per heavy atom. The van der Waals surface area contributed by atoms with Crippen molar-refractivity contribution in [3.05, 3.63) is 59.7 Å². The Kier molecular flexibility index (Phi) is 7.38. The minimum absolute atomic E-state index is 0.156. The summed E-state index contributed by atoms with van der Waals surface area (Å²) in [6.45, 7) is 4.39. The normalized spacial score (nSPS) is 11.2. The molecule has 1 N–H and O–H groups in total. The van der Waals surface area contributed by atoms with Gasteiger partial charge in [-0.3, -0.25) is 9.10 Å². The average Bonchev–Trinajstić information content (AvgIpc) is 2.64. The third-order valence-electron chi connectivity index (χ3n) is 4.13. The Labute approximate surface area is 161 Å². The van der Waals surface area contributed by atoms with Gasteiger partial charge in [-0.1, -0.05) is 35.9 Å². The number of nitrogens with zero attached hydrogens (tertiary/aromatic N) is 1. The molecule has 0 saturated heterocycles. The zero-order chi connectivity index (χ0) is 19.9. The highest BCUT2D eigenvalue weighted by atomic mass is 32.2. The van der Waals surface area contributed by atoms with Gasteiger partial charge in [0, 0.05) is 20.3 Å². The summed E-state index contributed by atoms with van der Waals surface area (Å²) in [6, 6.07) is 13.7. The lowest BCUT2D eigenvalue weighted by molar-refractivity contribution is -0.119. The van der Waals surface area contributed by atoms with Gasteiger partial charge < -0.3 is 10.1 Å². The first-order chi connectivity index (χ1) is 12.9. The Bertz CT molecular complexity index is 864. The number of methoxy groups -OCH3 is 1. The van der Waals surface area contributed by atoms with Gasteiger partial charge in [-0.25, -0.2) is 8.42 Å². The number of amides is 1. The fourth-order valence-electron chi connectivity index (χ4n) is 2.61. The number of carbonyl (C=O) groups excluding carboxylic acids is 1. The maximum atomic E-state index is 13.2. The number of hydrogen-bond acceptors (Lipinski definition) is 4. The van der Waals surface area contributed by atoms with Gasteiger partial charge in [0.2, 0.25) is 5.91 Å². The molecule has 0 bridgehead atoms. The largest absolute Gasteiger partial charge is 0.385 e. The van der Waals surface area contributed by atoms with Crippen LogP contribution in [0.4, 0.5) is 5.69 Å². The monoisotopic (exact) mass is 390 g/mol. The van der Waals surface area contributed by atoms with Gasteiger partial charge in [0.05, 0.1) is 10.6 Å². The Morgan fingerprint density at radius 3 is 2.37 bits per heavy atom. The molecule has 7 heteroatoms. The first kappa shape index (κ1) is 20.9. The van der Waals surface area contributed by atoms with Crippen LogP contribution in [0.2, 0.25) is 0 Å². The van der Waals surface area contributed by atoms with Gasteiger partial charge in [0.1, 0.15) is 6.54 Å². The number of benzene rings is 2. The van der Waals surface area contributed by atoms with Crippen molar-refractivity contribution < 1.29 is 17.9 Å². The third-order valence-corrected chi connectivity index (χ3v) is 5.90. The minimum Gasteiger partial charge on any atom is -0.385 e. The van der Waals surface area contributed by atoms with Gasteiger partial charge in [-0.15, -0.1) is 0 Å². The molecular formula is C20H26N2O4S. The zero-order valence-corrected chi connectivity index (χ0v) is 16.8. The SMILES string of the molecule is COCCCNC(=O)CN(c1ccccc1C)S(=O)(=O)c1ccc(C)cc1. The van der Waals surface area contributed by atoms with E-state index in [0.717, 1.165) is 11.1 Å². The number of nitrogens with one attached hydrogen (secondary N) is 1. The van der Waals surface area contributed by atoms with Crippen LogP contribution >= 0.6 is 0 Å². The fraction of sp³-hybridized carbons (Fsp3) is 0.350. The highest BCUT2D eigenvalue weighted by Gasteiger charge is 2.28. The average molecular weight is 391 g/mol. The number of ether oxygens (including phenoxy) is 1. The van der Waals surface area contributed by atoms with Crippen LogP contribution in [-0.4, -0.2) is 41.1 Å². The summed E-state index contributed by atoms with van der Waals surface area (Å²) >= 11 is 0. The molecular weight excluding hydrogens is 364 g/mol. The summed E-state index contributed by atoms with van der Waals surface area (Å²) in [5.74, 6) is -0.356. The number of rotatable bonds is 9. The molecule has 2 aromatic carbocycles. The van der Waals surface area contributed by atoms with E-state index in [0.29, 0.717) is 25.3 Å². The van der Waals surface area contributed by atoms with E-state index < -0.39 is 10.0 Å². The first-order valence-corrected chi connectivity index (χ1v) is 10.2. The number of carbonyl (C=O) groups is 1. The quantitative estimate of drug-likeness (QED) is 0.668. The zero-order valence-electron chi connectivity index (χ0n) is 15.9. The van der Waals surface area contributed by atoms with Gasteiger partial charge in [0.15, 0.2) is 0 Å². The maximum absolute atomic E-state index is 13.2. The molecule has 0 spiro atoms. The van der Waals surface area contributed by atoms with Crippen LogP contribution in [0.15, 0.2) is 53.4 Å². The number of anilines is 1. The third kappa shape index (κ3) is 5.55. The van der Waals surface area contributed by atoms with E-state index >= 15 is 0 Å². The van der Waals surface area contributed by atoms with Crippen LogP contribution in [-0.2, 0) is 19.6 Å². The van der Waals surface area contributed by atoms with Crippen LogP contribution in [0.25, 0.3) is 0 Å². The van der Waals surface area contributed by atoms with Gasteiger partial charge in [-0.2, -0.15) is 0 Å². The Hall–Kier alpha value is -2.38. The van der Waals surface area contributed by atoms with Crippen LogP contribution in [0.1, 0.15) is 17.5 Å². The Balaban J connectivity index is 2.31. The van der Waals surface area contributed by atoms with Crippen LogP contribution in [0.3, 0.4) is 0 Å². The van der Waals surface area contributed by atoms with Crippen molar-refractivity contribution >= 4 is 21.6 Å². The van der Waals surface area contributed by atoms with Crippen molar-refractivity contribution in [1.29, 1.82) is 0 Å². The lowest BCUT2D eigenvalue weighted by Gasteiger charge is -2.25. The highest BCUT2D eigenvalue weighted by Crippen LogP contribution is 2.26. The lowest BCUT2D eigenvalue weighted by Crippen LogP contribution is -2.41. The molecule has 2 aromatic rings. The highest BCUT2D eigenvalue weighted by molar-refractivity contribution is 7.92. The second-order valence-corrected chi connectivity index (χ2v) is 8.17. The summed E-state index contributed by atoms with van der Waals surface area (Å²) in [5, 5.41) is 2.74. The van der Waals surface area contributed by atoms with Crippen molar-refractivity contribution in [2.45, 2.75) is 25.2 Å². The molecule has 0 aliphatic rings. The van der Waals surface area contributed by atoms with E-state index in [4.69, 9.17) is 4.74 Å². The van der Waals surface area contributed by atoms with Crippen molar-refractivity contribution in [1.82, 2.24) is 5.32 Å². The van der Waals surface area contributed by atoms with Crippen molar-refractivity contribution in [2.75, 3.05) is 31.1 Å². The molecule has 0 aromatic heterocycles. The molecule has 146 valence electrons. The minimum atomic E-state index is -3.88. The molecule has 27 heavy (non-hydrogen) atoms. The predicted molar refractivity (Wildman–Crippen MR) is 106 cm³/mol. The Morgan fingerprint density at radius 2 is 1.74 bits per heavy atom. The summed E-state index contributed by atoms with van der Waals surface area (Å²) < 4.78 is 32.6. The number of sulfonamides is 1. The number of hydrogen-bond donors (Lipinski definition) is 1. The second-order valence-electron chi connectivity index (χ2n) is 6.31. The van der Waals surface area contributed by atoms with Gasteiger partial charge >= 0.3 is 0 Å². The molecule has 0 unspecified atom stereocenters.